The van der Waals surface area contributed by atoms with Crippen molar-refractivity contribution in [1.29, 1.82) is 0 Å². The van der Waals surface area contributed by atoms with Gasteiger partial charge in [0.2, 0.25) is 17.5 Å². The first-order valence-corrected chi connectivity index (χ1v) is 9.35. The molecule has 1 aromatic heterocycles. The van der Waals surface area contributed by atoms with Gasteiger partial charge in [0.25, 0.3) is 5.22 Å². The molecule has 28 heavy (non-hydrogen) atoms. The number of benzene rings is 1. The van der Waals surface area contributed by atoms with Gasteiger partial charge >= 0.3 is 6.03 Å². The molecule has 0 radical (unpaired) electrons. The second kappa shape index (κ2) is 10.4. The minimum absolute atomic E-state index is 0.0452. The largest absolute Gasteiger partial charge is 0.493 e. The molecule has 2 aromatic rings. The summed E-state index contributed by atoms with van der Waals surface area (Å²) >= 11 is 1.02. The van der Waals surface area contributed by atoms with Crippen LogP contribution in [0.5, 0.6) is 17.2 Å². The predicted octanol–water partition coefficient (Wildman–Crippen LogP) is 2.09. The fourth-order valence-corrected chi connectivity index (χ4v) is 2.73. The number of aromatic nitrogens is 2. The summed E-state index contributed by atoms with van der Waals surface area (Å²) in [5, 5.41) is 12.8. The lowest BCUT2D eigenvalue weighted by atomic mass is 10.2. The van der Waals surface area contributed by atoms with E-state index >= 15 is 0 Å². The molecular formula is C17H22N4O6S. The van der Waals surface area contributed by atoms with E-state index in [4.69, 9.17) is 18.6 Å². The molecule has 1 heterocycles. The fraction of sp³-hybridized carbons (Fsp3) is 0.412. The lowest BCUT2D eigenvalue weighted by molar-refractivity contribution is -0.117. The number of imide groups is 1. The number of hydrogen-bond donors (Lipinski definition) is 2. The third kappa shape index (κ3) is 5.52. The van der Waals surface area contributed by atoms with Gasteiger partial charge in [-0.3, -0.25) is 10.1 Å². The Balaban J connectivity index is 2.04. The highest BCUT2D eigenvalue weighted by atomic mass is 32.2. The van der Waals surface area contributed by atoms with E-state index in [1.54, 1.807) is 12.1 Å². The Morgan fingerprint density at radius 1 is 1.11 bits per heavy atom. The molecule has 0 aliphatic heterocycles. The van der Waals surface area contributed by atoms with Crippen molar-refractivity contribution in [2.75, 3.05) is 33.6 Å². The predicted molar refractivity (Wildman–Crippen MR) is 102 cm³/mol. The molecule has 0 spiro atoms. The van der Waals surface area contributed by atoms with Crippen LogP contribution >= 0.6 is 11.8 Å². The molecule has 2 N–H and O–H groups in total. The van der Waals surface area contributed by atoms with Crippen molar-refractivity contribution >= 4 is 23.7 Å². The van der Waals surface area contributed by atoms with Crippen molar-refractivity contribution in [2.45, 2.75) is 18.6 Å². The van der Waals surface area contributed by atoms with Gasteiger partial charge in [0.05, 0.1) is 27.1 Å². The molecule has 2 rings (SSSR count). The average Bonchev–Trinajstić information content (AvgIpc) is 3.18. The number of amides is 3. The summed E-state index contributed by atoms with van der Waals surface area (Å²) in [5.41, 5.74) is 0.567. The van der Waals surface area contributed by atoms with E-state index in [0.29, 0.717) is 29.4 Å². The minimum atomic E-state index is -0.531. The maximum atomic E-state index is 11.8. The molecule has 0 bridgehead atoms. The van der Waals surface area contributed by atoms with Crippen LogP contribution in [-0.4, -0.2) is 55.8 Å². The van der Waals surface area contributed by atoms with E-state index in [1.165, 1.54) is 21.3 Å². The lowest BCUT2D eigenvalue weighted by Gasteiger charge is -2.12. The SMILES string of the molecule is CCCNC(=O)NC(=O)CSc1nnc(-c2cc(OC)c(OC)c(OC)c2)o1. The quantitative estimate of drug-likeness (QED) is 0.598. The number of hydrogen-bond acceptors (Lipinski definition) is 9. The summed E-state index contributed by atoms with van der Waals surface area (Å²) in [6, 6.07) is 2.82. The van der Waals surface area contributed by atoms with E-state index in [0.717, 1.165) is 18.2 Å². The number of rotatable bonds is 9. The summed E-state index contributed by atoms with van der Waals surface area (Å²) in [5.74, 6) is 1.05. The van der Waals surface area contributed by atoms with E-state index in [2.05, 4.69) is 20.8 Å². The van der Waals surface area contributed by atoms with Crippen molar-refractivity contribution in [3.05, 3.63) is 12.1 Å². The maximum Gasteiger partial charge on any atom is 0.321 e. The maximum absolute atomic E-state index is 11.8. The van der Waals surface area contributed by atoms with Crippen LogP contribution in [0.2, 0.25) is 0 Å². The molecule has 1 aromatic carbocycles. The smallest absolute Gasteiger partial charge is 0.321 e. The van der Waals surface area contributed by atoms with Gasteiger partial charge in [0.1, 0.15) is 0 Å². The Morgan fingerprint density at radius 3 is 2.36 bits per heavy atom. The third-order valence-corrected chi connectivity index (χ3v) is 4.25. The molecule has 0 fully saturated rings. The van der Waals surface area contributed by atoms with Crippen molar-refractivity contribution in [3.8, 4) is 28.7 Å². The normalized spacial score (nSPS) is 10.3. The molecule has 152 valence electrons. The zero-order valence-corrected chi connectivity index (χ0v) is 16.8. The first-order chi connectivity index (χ1) is 13.5. The van der Waals surface area contributed by atoms with Crippen LogP contribution in [-0.2, 0) is 4.79 Å². The second-order valence-electron chi connectivity index (χ2n) is 5.38. The molecule has 0 aliphatic rings. The number of urea groups is 1. The molecule has 3 amide bonds. The van der Waals surface area contributed by atoms with Gasteiger partial charge in [0.15, 0.2) is 11.5 Å². The Bertz CT molecular complexity index is 801. The summed E-state index contributed by atoms with van der Waals surface area (Å²) in [7, 11) is 4.52. The molecule has 0 atom stereocenters. The van der Waals surface area contributed by atoms with Gasteiger partial charge < -0.3 is 23.9 Å². The van der Waals surface area contributed by atoms with Crippen molar-refractivity contribution in [2.24, 2.45) is 0 Å². The standard InChI is InChI=1S/C17H22N4O6S/c1-5-6-18-16(23)19-13(22)9-28-17-21-20-15(27-17)10-7-11(24-2)14(26-4)12(8-10)25-3/h7-8H,5-6,9H2,1-4H3,(H2,18,19,22,23). The van der Waals surface area contributed by atoms with Crippen molar-refractivity contribution < 1.29 is 28.2 Å². The minimum Gasteiger partial charge on any atom is -0.493 e. The molecule has 10 nitrogen and oxygen atoms in total. The van der Waals surface area contributed by atoms with E-state index in [1.807, 2.05) is 6.92 Å². The van der Waals surface area contributed by atoms with Crippen LogP contribution in [0.1, 0.15) is 13.3 Å². The molecule has 0 saturated heterocycles. The van der Waals surface area contributed by atoms with Crippen LogP contribution in [0.25, 0.3) is 11.5 Å². The average molecular weight is 410 g/mol. The summed E-state index contributed by atoms with van der Waals surface area (Å²) in [6.45, 7) is 2.41. The van der Waals surface area contributed by atoms with Crippen LogP contribution < -0.4 is 24.8 Å². The Kier molecular flexibility index (Phi) is 7.93. The van der Waals surface area contributed by atoms with Crippen LogP contribution in [0, 0.1) is 0 Å². The number of thioether (sulfide) groups is 1. The summed E-state index contributed by atoms with van der Waals surface area (Å²) in [6.07, 6.45) is 0.780. The number of methoxy groups -OCH3 is 3. The number of nitrogens with one attached hydrogen (secondary N) is 2. The number of carbonyl (C=O) groups is 2. The van der Waals surface area contributed by atoms with Gasteiger partial charge in [-0.1, -0.05) is 18.7 Å². The topological polar surface area (TPSA) is 125 Å². The second-order valence-corrected chi connectivity index (χ2v) is 6.31. The first kappa shape index (κ1) is 21.4. The van der Waals surface area contributed by atoms with E-state index < -0.39 is 11.9 Å². The van der Waals surface area contributed by atoms with Gasteiger partial charge in [-0.05, 0) is 18.6 Å². The fourth-order valence-electron chi connectivity index (χ4n) is 2.16. The molecule has 0 aliphatic carbocycles. The zero-order chi connectivity index (χ0) is 20.5. The van der Waals surface area contributed by atoms with Crippen LogP contribution in [0.3, 0.4) is 0 Å². The lowest BCUT2D eigenvalue weighted by Crippen LogP contribution is -2.40. The number of ether oxygens (including phenoxy) is 3. The Hall–Kier alpha value is -2.95. The first-order valence-electron chi connectivity index (χ1n) is 8.36. The highest BCUT2D eigenvalue weighted by Crippen LogP contribution is 2.41. The summed E-state index contributed by atoms with van der Waals surface area (Å²) < 4.78 is 21.4. The highest BCUT2D eigenvalue weighted by Gasteiger charge is 2.18. The van der Waals surface area contributed by atoms with Gasteiger partial charge in [-0.25, -0.2) is 4.79 Å². The molecular weight excluding hydrogens is 388 g/mol. The van der Waals surface area contributed by atoms with E-state index in [-0.39, 0.29) is 16.9 Å². The number of nitrogens with zero attached hydrogens (tertiary/aromatic N) is 2. The third-order valence-electron chi connectivity index (χ3n) is 3.43. The Labute approximate surface area is 166 Å². The number of carbonyl (C=O) groups excluding carboxylic acids is 2. The molecule has 0 saturated carbocycles. The summed E-state index contributed by atoms with van der Waals surface area (Å²) in [4.78, 5) is 23.2. The van der Waals surface area contributed by atoms with Crippen molar-refractivity contribution in [3.63, 3.8) is 0 Å². The van der Waals surface area contributed by atoms with E-state index in [9.17, 15) is 9.59 Å². The highest BCUT2D eigenvalue weighted by molar-refractivity contribution is 7.99. The Morgan fingerprint density at radius 2 is 1.79 bits per heavy atom. The van der Waals surface area contributed by atoms with Crippen LogP contribution in [0.4, 0.5) is 4.79 Å². The van der Waals surface area contributed by atoms with Gasteiger partial charge in [-0.2, -0.15) is 0 Å². The monoisotopic (exact) mass is 410 g/mol. The molecule has 0 unspecified atom stereocenters. The van der Waals surface area contributed by atoms with Gasteiger partial charge in [-0.15, -0.1) is 10.2 Å². The van der Waals surface area contributed by atoms with Gasteiger partial charge in [0, 0.05) is 12.1 Å². The zero-order valence-electron chi connectivity index (χ0n) is 16.0. The van der Waals surface area contributed by atoms with Crippen LogP contribution in [0.15, 0.2) is 21.8 Å². The van der Waals surface area contributed by atoms with Crippen molar-refractivity contribution in [1.82, 2.24) is 20.8 Å². The molecule has 11 heteroatoms.